The summed E-state index contributed by atoms with van der Waals surface area (Å²) in [6.45, 7) is 7.88. The molecule has 7 heteroatoms. The highest BCUT2D eigenvalue weighted by molar-refractivity contribution is 9.10. The topological polar surface area (TPSA) is 93.1 Å². The fraction of sp³-hybridized carbons (Fsp3) is 0.630. The molecule has 6 nitrogen and oxygen atoms in total. The van der Waals surface area contributed by atoms with E-state index >= 15 is 0 Å². The van der Waals surface area contributed by atoms with Crippen molar-refractivity contribution in [3.8, 4) is 23.8 Å². The lowest BCUT2D eigenvalue weighted by Gasteiger charge is -2.46. The quantitative estimate of drug-likeness (QED) is 0.529. The van der Waals surface area contributed by atoms with Crippen LogP contribution in [0.4, 0.5) is 0 Å². The van der Waals surface area contributed by atoms with Crippen LogP contribution in [-0.2, 0) is 9.59 Å². The zero-order chi connectivity index (χ0) is 25.4. The predicted octanol–water partition coefficient (Wildman–Crippen LogP) is 4.29. The zero-order valence-corrected chi connectivity index (χ0v) is 22.1. The number of hydrogen-bond acceptors (Lipinski definition) is 6. The second kappa shape index (κ2) is 10.0. The third kappa shape index (κ3) is 5.50. The summed E-state index contributed by atoms with van der Waals surface area (Å²) >= 11 is 3.51. The number of carbonyl (C=O) groups excluding carboxylic acids is 2. The molecule has 2 aliphatic rings. The summed E-state index contributed by atoms with van der Waals surface area (Å²) in [5, 5.41) is 22.4. The Kier molecular flexibility index (Phi) is 7.86. The summed E-state index contributed by atoms with van der Waals surface area (Å²) < 4.78 is 11.7. The van der Waals surface area contributed by atoms with Crippen LogP contribution >= 0.6 is 15.9 Å². The molecular weight excluding hydrogens is 500 g/mol. The molecule has 0 spiro atoms. The molecule has 34 heavy (non-hydrogen) atoms. The number of aliphatic hydroxyl groups excluding tert-OH is 2. The van der Waals surface area contributed by atoms with Crippen molar-refractivity contribution in [3.05, 3.63) is 22.2 Å². The van der Waals surface area contributed by atoms with E-state index in [0.717, 1.165) is 0 Å². The molecule has 0 bridgehead atoms. The fourth-order valence-corrected chi connectivity index (χ4v) is 6.42. The standard InChI is InChI=1S/C27H35BrO6/c1-7-8-34-25-16(28)9-15(10-21(25)33-6)22(23-17(29)11-26(2,3)12-18(23)30)24-19(31)13-27(4,5)14-20(24)32/h1,9-10,17,19,22-24,29,31H,8,11-14H2,2-6H3/t17-,19+,22?,23-,24+. The molecule has 2 N–H and O–H groups in total. The van der Waals surface area contributed by atoms with E-state index < -0.39 is 30.0 Å². The van der Waals surface area contributed by atoms with Gasteiger partial charge in [0.05, 0.1) is 35.6 Å². The first-order valence-electron chi connectivity index (χ1n) is 11.7. The Balaban J connectivity index is 2.15. The third-order valence-electron chi connectivity index (χ3n) is 7.11. The molecule has 5 atom stereocenters. The molecule has 2 aliphatic carbocycles. The Morgan fingerprint density at radius 1 is 1.06 bits per heavy atom. The number of Topliss-reactive ketones (excluding diaryl/α,β-unsaturated/α-hetero) is 2. The Bertz CT molecular complexity index is 950. The first-order chi connectivity index (χ1) is 15.8. The van der Waals surface area contributed by atoms with E-state index in [1.54, 1.807) is 12.1 Å². The highest BCUT2D eigenvalue weighted by Gasteiger charge is 2.52. The lowest BCUT2D eigenvalue weighted by Crippen LogP contribution is -2.51. The molecule has 2 saturated carbocycles. The number of terminal acetylenes is 1. The van der Waals surface area contributed by atoms with Gasteiger partial charge in [-0.25, -0.2) is 0 Å². The van der Waals surface area contributed by atoms with Gasteiger partial charge in [-0.15, -0.1) is 6.42 Å². The highest BCUT2D eigenvalue weighted by atomic mass is 79.9. The number of methoxy groups -OCH3 is 1. The molecule has 0 aliphatic heterocycles. The molecule has 1 aromatic carbocycles. The maximum Gasteiger partial charge on any atom is 0.176 e. The van der Waals surface area contributed by atoms with Crippen LogP contribution in [0.5, 0.6) is 11.5 Å². The van der Waals surface area contributed by atoms with Crippen molar-refractivity contribution in [2.24, 2.45) is 22.7 Å². The molecular formula is C27H35BrO6. The van der Waals surface area contributed by atoms with Crippen molar-refractivity contribution >= 4 is 27.5 Å². The van der Waals surface area contributed by atoms with E-state index in [4.69, 9.17) is 15.9 Å². The number of halogens is 1. The van der Waals surface area contributed by atoms with Gasteiger partial charge in [-0.05, 0) is 57.3 Å². The van der Waals surface area contributed by atoms with Crippen LogP contribution in [0, 0.1) is 35.0 Å². The van der Waals surface area contributed by atoms with Gasteiger partial charge in [-0.3, -0.25) is 9.59 Å². The monoisotopic (exact) mass is 534 g/mol. The van der Waals surface area contributed by atoms with Gasteiger partial charge in [0.2, 0.25) is 0 Å². The van der Waals surface area contributed by atoms with Crippen LogP contribution in [0.3, 0.4) is 0 Å². The van der Waals surface area contributed by atoms with E-state index in [0.29, 0.717) is 47.2 Å². The Morgan fingerprint density at radius 2 is 1.56 bits per heavy atom. The first kappa shape index (κ1) is 26.7. The minimum atomic E-state index is -0.932. The van der Waals surface area contributed by atoms with Crippen molar-refractivity contribution in [1.82, 2.24) is 0 Å². The van der Waals surface area contributed by atoms with Crippen LogP contribution in [0.2, 0.25) is 0 Å². The van der Waals surface area contributed by atoms with Gasteiger partial charge in [0, 0.05) is 18.8 Å². The maximum absolute atomic E-state index is 13.4. The molecule has 3 rings (SSSR count). The summed E-state index contributed by atoms with van der Waals surface area (Å²) in [6.07, 6.45) is 4.94. The van der Waals surface area contributed by atoms with Crippen molar-refractivity contribution < 1.29 is 29.3 Å². The zero-order valence-electron chi connectivity index (χ0n) is 20.6. The number of benzene rings is 1. The van der Waals surface area contributed by atoms with Gasteiger partial charge >= 0.3 is 0 Å². The minimum absolute atomic E-state index is 0.0432. The Hall–Kier alpha value is -1.88. The molecule has 0 saturated heterocycles. The van der Waals surface area contributed by atoms with Crippen molar-refractivity contribution in [1.29, 1.82) is 0 Å². The van der Waals surface area contributed by atoms with Crippen molar-refractivity contribution in [3.63, 3.8) is 0 Å². The smallest absolute Gasteiger partial charge is 0.176 e. The minimum Gasteiger partial charge on any atom is -0.493 e. The van der Waals surface area contributed by atoms with E-state index in [1.807, 2.05) is 27.7 Å². The van der Waals surface area contributed by atoms with Gasteiger partial charge in [0.25, 0.3) is 0 Å². The predicted molar refractivity (Wildman–Crippen MR) is 133 cm³/mol. The number of ether oxygens (including phenoxy) is 2. The average molecular weight is 535 g/mol. The average Bonchev–Trinajstić information content (AvgIpc) is 2.68. The van der Waals surface area contributed by atoms with Gasteiger partial charge < -0.3 is 19.7 Å². The van der Waals surface area contributed by atoms with Crippen LogP contribution < -0.4 is 9.47 Å². The molecule has 0 amide bonds. The number of aliphatic hydroxyl groups is 2. The molecule has 186 valence electrons. The third-order valence-corrected chi connectivity index (χ3v) is 7.70. The normalized spacial score (nSPS) is 29.3. The van der Waals surface area contributed by atoms with E-state index in [-0.39, 0.29) is 29.0 Å². The lowest BCUT2D eigenvalue weighted by molar-refractivity contribution is -0.144. The van der Waals surface area contributed by atoms with Crippen LogP contribution in [0.15, 0.2) is 16.6 Å². The molecule has 0 aromatic heterocycles. The maximum atomic E-state index is 13.4. The van der Waals surface area contributed by atoms with Gasteiger partial charge in [0.1, 0.15) is 18.2 Å². The molecule has 0 heterocycles. The second-order valence-corrected chi connectivity index (χ2v) is 12.1. The largest absolute Gasteiger partial charge is 0.493 e. The molecule has 0 radical (unpaired) electrons. The lowest BCUT2D eigenvalue weighted by atomic mass is 9.58. The molecule has 2 fully saturated rings. The van der Waals surface area contributed by atoms with Crippen LogP contribution in [0.1, 0.15) is 64.9 Å². The van der Waals surface area contributed by atoms with E-state index in [2.05, 4.69) is 21.9 Å². The van der Waals surface area contributed by atoms with Gasteiger partial charge in [-0.2, -0.15) is 0 Å². The highest BCUT2D eigenvalue weighted by Crippen LogP contribution is 2.51. The van der Waals surface area contributed by atoms with E-state index in [9.17, 15) is 19.8 Å². The number of rotatable bonds is 6. The second-order valence-electron chi connectivity index (χ2n) is 11.3. The fourth-order valence-electron chi connectivity index (χ4n) is 5.84. The Labute approximate surface area is 210 Å². The van der Waals surface area contributed by atoms with Crippen LogP contribution in [-0.4, -0.2) is 47.7 Å². The molecule has 1 unspecified atom stereocenters. The number of carbonyl (C=O) groups is 2. The summed E-state index contributed by atoms with van der Waals surface area (Å²) in [5.74, 6) is 0.700. The summed E-state index contributed by atoms with van der Waals surface area (Å²) in [7, 11) is 1.50. The van der Waals surface area contributed by atoms with Crippen molar-refractivity contribution in [2.75, 3.05) is 13.7 Å². The van der Waals surface area contributed by atoms with E-state index in [1.165, 1.54) is 7.11 Å². The first-order valence-corrected chi connectivity index (χ1v) is 12.4. The summed E-state index contributed by atoms with van der Waals surface area (Å²) in [5.41, 5.74) is -0.0363. The SMILES string of the molecule is C#CCOc1c(Br)cc(C([C@H]2C(=O)CC(C)(C)C[C@H]2O)[C@@H]2C(=O)CC(C)(C)C[C@@H]2O)cc1OC. The Morgan fingerprint density at radius 3 is 1.97 bits per heavy atom. The summed E-state index contributed by atoms with van der Waals surface area (Å²) in [4.78, 5) is 26.8. The number of hydrogen-bond donors (Lipinski definition) is 2. The molecule has 1 aromatic rings. The van der Waals surface area contributed by atoms with Crippen LogP contribution in [0.25, 0.3) is 0 Å². The van der Waals surface area contributed by atoms with Gasteiger partial charge in [-0.1, -0.05) is 33.6 Å². The van der Waals surface area contributed by atoms with Gasteiger partial charge in [0.15, 0.2) is 11.5 Å². The summed E-state index contributed by atoms with van der Waals surface area (Å²) in [6, 6.07) is 3.50. The van der Waals surface area contributed by atoms with Crippen molar-refractivity contribution in [2.45, 2.75) is 71.5 Å². The number of ketones is 2.